The Morgan fingerprint density at radius 1 is 1.62 bits per heavy atom. The van der Waals surface area contributed by atoms with Crippen molar-refractivity contribution >= 4 is 10.0 Å². The van der Waals surface area contributed by atoms with Crippen LogP contribution in [0.1, 0.15) is 38.4 Å². The van der Waals surface area contributed by atoms with Gasteiger partial charge in [0.2, 0.25) is 0 Å². The minimum absolute atomic E-state index is 0.119. The Bertz CT molecular complexity index is 488. The molecule has 0 amide bonds. The molecule has 1 aromatic rings. The van der Waals surface area contributed by atoms with Gasteiger partial charge in [-0.1, -0.05) is 6.92 Å². The third-order valence-corrected chi connectivity index (χ3v) is 3.98. The number of hydrogen-bond donors (Lipinski definition) is 1. The fourth-order valence-corrected chi connectivity index (χ4v) is 2.65. The van der Waals surface area contributed by atoms with Crippen LogP contribution in [0.5, 0.6) is 0 Å². The number of rotatable bonds is 4. The van der Waals surface area contributed by atoms with Crippen LogP contribution < -0.4 is 5.14 Å². The van der Waals surface area contributed by atoms with E-state index in [4.69, 9.17) is 5.14 Å². The minimum Gasteiger partial charge on any atom is -0.250 e. The van der Waals surface area contributed by atoms with Crippen molar-refractivity contribution in [2.24, 2.45) is 11.1 Å². The van der Waals surface area contributed by atoms with Crippen LogP contribution in [-0.4, -0.2) is 18.2 Å². The second-order valence-corrected chi connectivity index (χ2v) is 5.90. The summed E-state index contributed by atoms with van der Waals surface area (Å²) in [7, 11) is -3.67. The molecule has 2 N–H and O–H groups in total. The highest BCUT2D eigenvalue weighted by Crippen LogP contribution is 2.40. The number of nitrogens with zero attached hydrogens (tertiary/aromatic N) is 2. The first kappa shape index (κ1) is 11.6. The summed E-state index contributed by atoms with van der Waals surface area (Å²) in [4.78, 5) is 0. The van der Waals surface area contributed by atoms with Crippen LogP contribution in [0.15, 0.2) is 11.1 Å². The largest absolute Gasteiger partial charge is 0.255 e. The Morgan fingerprint density at radius 3 is 2.69 bits per heavy atom. The van der Waals surface area contributed by atoms with E-state index in [9.17, 15) is 8.42 Å². The van der Waals surface area contributed by atoms with Crippen LogP contribution in [-0.2, 0) is 16.4 Å². The molecule has 1 saturated carbocycles. The number of nitrogens with two attached hydrogens (primary N) is 1. The van der Waals surface area contributed by atoms with Crippen molar-refractivity contribution in [1.29, 1.82) is 0 Å². The first-order valence-electron chi connectivity index (χ1n) is 5.54. The summed E-state index contributed by atoms with van der Waals surface area (Å²) in [5, 5.41) is 9.65. The smallest absolute Gasteiger partial charge is 0.250 e. The van der Waals surface area contributed by atoms with E-state index in [-0.39, 0.29) is 11.1 Å². The van der Waals surface area contributed by atoms with Crippen LogP contribution in [0.2, 0.25) is 0 Å². The number of aromatic nitrogens is 2. The molecule has 0 radical (unpaired) electrons. The van der Waals surface area contributed by atoms with Gasteiger partial charge in [-0.3, -0.25) is 0 Å². The zero-order valence-corrected chi connectivity index (χ0v) is 10.4. The van der Waals surface area contributed by atoms with E-state index in [2.05, 4.69) is 5.10 Å². The second-order valence-electron chi connectivity index (χ2n) is 4.40. The van der Waals surface area contributed by atoms with Gasteiger partial charge in [0.25, 0.3) is 10.0 Å². The van der Waals surface area contributed by atoms with Gasteiger partial charge in [0, 0.05) is 0 Å². The Kier molecular flexibility index (Phi) is 2.79. The fraction of sp³-hybridized carbons (Fsp3) is 0.700. The summed E-state index contributed by atoms with van der Waals surface area (Å²) in [6.45, 7) is 3.94. The van der Waals surface area contributed by atoms with Crippen molar-refractivity contribution in [2.75, 3.05) is 0 Å². The third kappa shape index (κ3) is 2.12. The summed E-state index contributed by atoms with van der Waals surface area (Å²) in [6, 6.07) is 1.70. The fourth-order valence-electron chi connectivity index (χ4n) is 1.88. The van der Waals surface area contributed by atoms with Gasteiger partial charge in [0.05, 0.1) is 11.7 Å². The lowest BCUT2D eigenvalue weighted by atomic mass is 10.2. The molecule has 0 spiro atoms. The second kappa shape index (κ2) is 3.85. The topological polar surface area (TPSA) is 78.0 Å². The highest BCUT2D eigenvalue weighted by Gasteiger charge is 2.32. The summed E-state index contributed by atoms with van der Waals surface area (Å²) in [5.41, 5.74) is 0.775. The minimum atomic E-state index is -3.67. The molecule has 2 rings (SSSR count). The van der Waals surface area contributed by atoms with Gasteiger partial charge in [-0.05, 0) is 38.2 Å². The van der Waals surface area contributed by atoms with Gasteiger partial charge >= 0.3 is 0 Å². The van der Waals surface area contributed by atoms with Crippen molar-refractivity contribution in [3.05, 3.63) is 11.8 Å². The lowest BCUT2D eigenvalue weighted by Crippen LogP contribution is -2.20. The predicted octanol–water partition coefficient (Wildman–Crippen LogP) is 1.06. The molecule has 1 aliphatic carbocycles. The van der Waals surface area contributed by atoms with Crippen molar-refractivity contribution in [3.63, 3.8) is 0 Å². The maximum absolute atomic E-state index is 11.4. The van der Waals surface area contributed by atoms with Gasteiger partial charge < -0.3 is 0 Å². The number of sulfonamides is 1. The van der Waals surface area contributed by atoms with Gasteiger partial charge in [0.15, 0.2) is 5.03 Å². The van der Waals surface area contributed by atoms with E-state index in [0.717, 1.165) is 18.5 Å². The molecule has 1 fully saturated rings. The molecule has 1 heterocycles. The molecule has 16 heavy (non-hydrogen) atoms. The normalized spacial score (nSPS) is 18.7. The van der Waals surface area contributed by atoms with E-state index in [0.29, 0.717) is 12.3 Å². The molecular weight excluding hydrogens is 226 g/mol. The van der Waals surface area contributed by atoms with E-state index < -0.39 is 10.0 Å². The molecule has 0 aliphatic heterocycles. The first-order valence-corrected chi connectivity index (χ1v) is 7.09. The molecule has 1 aromatic heterocycles. The molecule has 1 atom stereocenters. The lowest BCUT2D eigenvalue weighted by molar-refractivity contribution is 0.403. The monoisotopic (exact) mass is 243 g/mol. The van der Waals surface area contributed by atoms with Crippen LogP contribution in [0.25, 0.3) is 0 Å². The average Bonchev–Trinajstić information content (AvgIpc) is 2.94. The van der Waals surface area contributed by atoms with Crippen molar-refractivity contribution in [3.8, 4) is 0 Å². The summed E-state index contributed by atoms with van der Waals surface area (Å²) >= 11 is 0. The summed E-state index contributed by atoms with van der Waals surface area (Å²) in [5.74, 6) is 0.546. The SMILES string of the molecule is CCc1cc(S(N)(=O)=O)n(C(C)C2CC2)n1. The Hall–Kier alpha value is -0.880. The highest BCUT2D eigenvalue weighted by molar-refractivity contribution is 7.89. The molecule has 90 valence electrons. The van der Waals surface area contributed by atoms with Crippen molar-refractivity contribution in [2.45, 2.75) is 44.2 Å². The van der Waals surface area contributed by atoms with Crippen LogP contribution in [0.4, 0.5) is 0 Å². The molecule has 6 heteroatoms. The summed E-state index contributed by atoms with van der Waals surface area (Å²) in [6.07, 6.45) is 3.01. The average molecular weight is 243 g/mol. The summed E-state index contributed by atoms with van der Waals surface area (Å²) < 4.78 is 24.5. The van der Waals surface area contributed by atoms with Crippen molar-refractivity contribution < 1.29 is 8.42 Å². The van der Waals surface area contributed by atoms with Gasteiger partial charge in [0.1, 0.15) is 0 Å². The number of primary sulfonamides is 1. The van der Waals surface area contributed by atoms with E-state index in [1.54, 1.807) is 10.7 Å². The third-order valence-electron chi connectivity index (χ3n) is 3.10. The highest BCUT2D eigenvalue weighted by atomic mass is 32.2. The number of aryl methyl sites for hydroxylation is 1. The van der Waals surface area contributed by atoms with E-state index in [1.807, 2.05) is 13.8 Å². The first-order chi connectivity index (χ1) is 7.43. The van der Waals surface area contributed by atoms with E-state index in [1.165, 1.54) is 0 Å². The van der Waals surface area contributed by atoms with Crippen molar-refractivity contribution in [1.82, 2.24) is 9.78 Å². The Labute approximate surface area is 95.7 Å². The van der Waals surface area contributed by atoms with Gasteiger partial charge in [-0.2, -0.15) is 5.10 Å². The lowest BCUT2D eigenvalue weighted by Gasteiger charge is -2.13. The van der Waals surface area contributed by atoms with Crippen LogP contribution in [0.3, 0.4) is 0 Å². The van der Waals surface area contributed by atoms with Crippen LogP contribution in [0, 0.1) is 5.92 Å². The molecule has 0 saturated heterocycles. The maximum atomic E-state index is 11.4. The van der Waals surface area contributed by atoms with E-state index >= 15 is 0 Å². The zero-order chi connectivity index (χ0) is 11.9. The predicted molar refractivity (Wildman–Crippen MR) is 60.4 cm³/mol. The van der Waals surface area contributed by atoms with Gasteiger partial charge in [-0.15, -0.1) is 0 Å². The molecule has 0 aromatic carbocycles. The number of hydrogen-bond acceptors (Lipinski definition) is 3. The quantitative estimate of drug-likeness (QED) is 0.859. The van der Waals surface area contributed by atoms with Crippen LogP contribution >= 0.6 is 0 Å². The molecular formula is C10H17N3O2S. The van der Waals surface area contributed by atoms with Gasteiger partial charge in [-0.25, -0.2) is 18.2 Å². The molecule has 1 aliphatic rings. The Balaban J connectivity index is 2.45. The molecule has 0 bridgehead atoms. The standard InChI is InChI=1S/C10H17N3O2S/c1-3-9-6-10(16(11,14)15)13(12-9)7(2)8-4-5-8/h6-8H,3-5H2,1-2H3,(H2,11,14,15). The molecule has 5 nitrogen and oxygen atoms in total. The Morgan fingerprint density at radius 2 is 2.25 bits per heavy atom. The zero-order valence-electron chi connectivity index (χ0n) is 9.55. The molecule has 1 unspecified atom stereocenters. The maximum Gasteiger partial charge on any atom is 0.255 e.